The summed E-state index contributed by atoms with van der Waals surface area (Å²) in [5, 5.41) is 0. The lowest BCUT2D eigenvalue weighted by Gasteiger charge is -2.11. The van der Waals surface area contributed by atoms with Gasteiger partial charge in [-0.1, -0.05) is 62.4 Å². The van der Waals surface area contributed by atoms with Crippen LogP contribution in [0.25, 0.3) is 11.1 Å². The Kier molecular flexibility index (Phi) is 3.40. The summed E-state index contributed by atoms with van der Waals surface area (Å²) >= 11 is 0. The average Bonchev–Trinajstić information content (AvgIpc) is 2.30. The highest BCUT2D eigenvalue weighted by atomic mass is 14.1. The minimum Gasteiger partial charge on any atom is -0.0625 e. The fourth-order valence-corrected chi connectivity index (χ4v) is 1.94. The van der Waals surface area contributed by atoms with Crippen LogP contribution < -0.4 is 0 Å². The Morgan fingerprint density at radius 2 is 1.75 bits per heavy atom. The van der Waals surface area contributed by atoms with E-state index in [2.05, 4.69) is 62.4 Å². The Morgan fingerprint density at radius 1 is 1.00 bits per heavy atom. The van der Waals surface area contributed by atoms with E-state index in [1.54, 1.807) is 0 Å². The van der Waals surface area contributed by atoms with Gasteiger partial charge in [-0.3, -0.25) is 0 Å². The van der Waals surface area contributed by atoms with Gasteiger partial charge in [0, 0.05) is 0 Å². The Balaban J connectivity index is 2.41. The molecule has 0 saturated heterocycles. The summed E-state index contributed by atoms with van der Waals surface area (Å²) in [5.74, 6) is 0.668. The molecule has 0 nitrogen and oxygen atoms in total. The maximum Gasteiger partial charge on any atom is -0.0143 e. The van der Waals surface area contributed by atoms with Crippen LogP contribution in [0.2, 0.25) is 0 Å². The molecule has 0 fully saturated rings. The summed E-state index contributed by atoms with van der Waals surface area (Å²) in [6.45, 7) is 4.49. The molecule has 0 heteroatoms. The lowest BCUT2D eigenvalue weighted by molar-refractivity contribution is 0.647. The molecule has 0 aliphatic rings. The van der Waals surface area contributed by atoms with Gasteiger partial charge in [-0.2, -0.15) is 0 Å². The largest absolute Gasteiger partial charge is 0.0625 e. The van der Waals surface area contributed by atoms with Crippen molar-refractivity contribution in [1.29, 1.82) is 0 Å². The zero-order valence-corrected chi connectivity index (χ0v) is 9.90. The van der Waals surface area contributed by atoms with E-state index in [1.165, 1.54) is 16.7 Å². The van der Waals surface area contributed by atoms with Crippen LogP contribution in [-0.4, -0.2) is 0 Å². The monoisotopic (exact) mass is 209 g/mol. The molecule has 0 unspecified atom stereocenters. The summed E-state index contributed by atoms with van der Waals surface area (Å²) in [4.78, 5) is 0. The van der Waals surface area contributed by atoms with Gasteiger partial charge in [-0.05, 0) is 35.1 Å². The summed E-state index contributed by atoms with van der Waals surface area (Å²) in [6, 6.07) is 20.2. The first kappa shape index (κ1) is 10.9. The first-order valence-corrected chi connectivity index (χ1v) is 5.82. The van der Waals surface area contributed by atoms with Crippen molar-refractivity contribution in [3.05, 3.63) is 60.2 Å². The summed E-state index contributed by atoms with van der Waals surface area (Å²) in [6.07, 6.45) is 1.09. The first-order valence-electron chi connectivity index (χ1n) is 5.82. The second-order valence-electron chi connectivity index (χ2n) is 4.53. The van der Waals surface area contributed by atoms with Crippen molar-refractivity contribution >= 4 is 0 Å². The topological polar surface area (TPSA) is 0 Å². The Morgan fingerprint density at radius 3 is 2.44 bits per heavy atom. The van der Waals surface area contributed by atoms with E-state index in [0.29, 0.717) is 5.92 Å². The summed E-state index contributed by atoms with van der Waals surface area (Å²) in [5.41, 5.74) is 3.93. The van der Waals surface area contributed by atoms with Crippen LogP contribution in [0.3, 0.4) is 0 Å². The van der Waals surface area contributed by atoms with Crippen LogP contribution in [0.4, 0.5) is 0 Å². The molecule has 0 amide bonds. The van der Waals surface area contributed by atoms with E-state index in [9.17, 15) is 0 Å². The molecule has 0 heterocycles. The Labute approximate surface area is 97.9 Å². The fraction of sp³-hybridized carbons (Fsp3) is 0.250. The minimum absolute atomic E-state index is 0.668. The van der Waals surface area contributed by atoms with Gasteiger partial charge in [0.2, 0.25) is 0 Å². The highest BCUT2D eigenvalue weighted by Crippen LogP contribution is 2.24. The zero-order chi connectivity index (χ0) is 11.4. The zero-order valence-electron chi connectivity index (χ0n) is 9.90. The number of benzene rings is 2. The van der Waals surface area contributed by atoms with Gasteiger partial charge in [-0.15, -0.1) is 0 Å². The molecule has 0 N–H and O–H groups in total. The van der Waals surface area contributed by atoms with E-state index >= 15 is 0 Å². The third kappa shape index (κ3) is 2.52. The second-order valence-corrected chi connectivity index (χ2v) is 4.53. The van der Waals surface area contributed by atoms with Crippen molar-refractivity contribution in [2.75, 3.05) is 0 Å². The van der Waals surface area contributed by atoms with Crippen molar-refractivity contribution in [2.24, 2.45) is 5.92 Å². The molecule has 0 aliphatic heterocycles. The number of hydrogen-bond donors (Lipinski definition) is 0. The molecule has 0 spiro atoms. The van der Waals surface area contributed by atoms with Crippen molar-refractivity contribution in [3.8, 4) is 11.1 Å². The number of hydrogen-bond acceptors (Lipinski definition) is 0. The van der Waals surface area contributed by atoms with Gasteiger partial charge in [0.25, 0.3) is 0 Å². The maximum absolute atomic E-state index is 3.37. The fourth-order valence-electron chi connectivity index (χ4n) is 1.94. The molecule has 0 aromatic heterocycles. The average molecular weight is 209 g/mol. The maximum atomic E-state index is 3.37. The molecule has 16 heavy (non-hydrogen) atoms. The first-order chi connectivity index (χ1) is 7.77. The van der Waals surface area contributed by atoms with E-state index in [-0.39, 0.29) is 0 Å². The minimum atomic E-state index is 0.668. The smallest absolute Gasteiger partial charge is 0.0143 e. The van der Waals surface area contributed by atoms with Gasteiger partial charge in [-0.25, -0.2) is 0 Å². The standard InChI is InChI=1S/C16H17/c1-13(2)12-15-10-6-7-11-16(15)14-8-4-3-5-9-14/h3-9,11,13H,12H2,1-2H3. The molecule has 0 saturated carbocycles. The van der Waals surface area contributed by atoms with E-state index in [4.69, 9.17) is 0 Å². The van der Waals surface area contributed by atoms with Gasteiger partial charge in [0.05, 0.1) is 0 Å². The number of rotatable bonds is 3. The Bertz CT molecular complexity index is 441. The van der Waals surface area contributed by atoms with Crippen molar-refractivity contribution in [2.45, 2.75) is 20.3 Å². The molecular formula is C16H17. The van der Waals surface area contributed by atoms with Crippen LogP contribution in [0, 0.1) is 12.0 Å². The quantitative estimate of drug-likeness (QED) is 0.705. The van der Waals surface area contributed by atoms with Gasteiger partial charge in [0.15, 0.2) is 0 Å². The third-order valence-electron chi connectivity index (χ3n) is 2.64. The lowest BCUT2D eigenvalue weighted by Crippen LogP contribution is -1.96. The molecule has 81 valence electrons. The molecular weight excluding hydrogens is 192 g/mol. The molecule has 0 aliphatic carbocycles. The van der Waals surface area contributed by atoms with Gasteiger partial charge in [0.1, 0.15) is 0 Å². The molecule has 0 atom stereocenters. The molecule has 2 rings (SSSR count). The normalized spacial score (nSPS) is 10.7. The van der Waals surface area contributed by atoms with Gasteiger partial charge < -0.3 is 0 Å². The predicted octanol–water partition coefficient (Wildman–Crippen LogP) is 4.35. The predicted molar refractivity (Wildman–Crippen MR) is 69.3 cm³/mol. The molecule has 0 bridgehead atoms. The van der Waals surface area contributed by atoms with Crippen molar-refractivity contribution in [3.63, 3.8) is 0 Å². The highest BCUT2D eigenvalue weighted by Gasteiger charge is 2.05. The summed E-state index contributed by atoms with van der Waals surface area (Å²) < 4.78 is 0. The SMILES string of the molecule is CC(C)Cc1[c]cccc1-c1ccccc1. The summed E-state index contributed by atoms with van der Waals surface area (Å²) in [7, 11) is 0. The Hall–Kier alpha value is -1.56. The van der Waals surface area contributed by atoms with Crippen LogP contribution in [0.5, 0.6) is 0 Å². The van der Waals surface area contributed by atoms with E-state index in [1.807, 2.05) is 6.07 Å². The molecule has 1 radical (unpaired) electrons. The molecule has 2 aromatic carbocycles. The van der Waals surface area contributed by atoms with E-state index in [0.717, 1.165) is 6.42 Å². The van der Waals surface area contributed by atoms with E-state index < -0.39 is 0 Å². The van der Waals surface area contributed by atoms with Crippen LogP contribution in [0.15, 0.2) is 48.5 Å². The van der Waals surface area contributed by atoms with Crippen LogP contribution in [0.1, 0.15) is 19.4 Å². The third-order valence-corrected chi connectivity index (χ3v) is 2.64. The molecule has 2 aromatic rings. The second kappa shape index (κ2) is 4.98. The van der Waals surface area contributed by atoms with Crippen LogP contribution >= 0.6 is 0 Å². The van der Waals surface area contributed by atoms with Crippen molar-refractivity contribution in [1.82, 2.24) is 0 Å². The lowest BCUT2D eigenvalue weighted by atomic mass is 9.94. The van der Waals surface area contributed by atoms with Crippen LogP contribution in [-0.2, 0) is 6.42 Å². The highest BCUT2D eigenvalue weighted by molar-refractivity contribution is 5.66. The van der Waals surface area contributed by atoms with Crippen molar-refractivity contribution < 1.29 is 0 Å². The van der Waals surface area contributed by atoms with Gasteiger partial charge >= 0.3 is 0 Å².